The largest absolute Gasteiger partial charge is 0.493 e. The summed E-state index contributed by atoms with van der Waals surface area (Å²) in [5.41, 5.74) is 0.948. The molecule has 31 heavy (non-hydrogen) atoms. The first-order valence-corrected chi connectivity index (χ1v) is 11.4. The lowest BCUT2D eigenvalue weighted by Gasteiger charge is -2.38. The van der Waals surface area contributed by atoms with Crippen LogP contribution in [0.3, 0.4) is 0 Å². The maximum absolute atomic E-state index is 13.3. The minimum absolute atomic E-state index is 0.129. The number of aliphatic imine (C=N–C) groups is 1. The highest BCUT2D eigenvalue weighted by molar-refractivity contribution is 7.89. The minimum atomic E-state index is -3.80. The molecule has 2 aliphatic rings. The van der Waals surface area contributed by atoms with Crippen LogP contribution in [-0.4, -0.2) is 77.1 Å². The van der Waals surface area contributed by atoms with Gasteiger partial charge in [-0.2, -0.15) is 0 Å². The van der Waals surface area contributed by atoms with Crippen LogP contribution in [0.4, 0.5) is 10.1 Å². The van der Waals surface area contributed by atoms with Gasteiger partial charge in [-0.05, 0) is 36.4 Å². The van der Waals surface area contributed by atoms with Crippen molar-refractivity contribution in [1.29, 1.82) is 0 Å². The number of piperazine rings is 1. The van der Waals surface area contributed by atoms with E-state index in [1.807, 2.05) is 4.90 Å². The Labute approximate surface area is 181 Å². The van der Waals surface area contributed by atoms with Gasteiger partial charge < -0.3 is 19.3 Å². The number of hydrogen-bond acceptors (Lipinski definition) is 7. The summed E-state index contributed by atoms with van der Waals surface area (Å²) in [4.78, 5) is 8.76. The molecule has 10 heteroatoms. The van der Waals surface area contributed by atoms with Gasteiger partial charge >= 0.3 is 0 Å². The molecule has 0 radical (unpaired) electrons. The van der Waals surface area contributed by atoms with Crippen LogP contribution in [0.25, 0.3) is 0 Å². The predicted molar refractivity (Wildman–Crippen MR) is 116 cm³/mol. The van der Waals surface area contributed by atoms with E-state index in [9.17, 15) is 12.8 Å². The summed E-state index contributed by atoms with van der Waals surface area (Å²) in [6, 6.07) is 11.0. The van der Waals surface area contributed by atoms with E-state index in [4.69, 9.17) is 9.47 Å². The van der Waals surface area contributed by atoms with E-state index < -0.39 is 10.0 Å². The predicted octanol–water partition coefficient (Wildman–Crippen LogP) is 2.03. The number of ether oxygens (including phenoxy) is 2. The highest BCUT2D eigenvalue weighted by Crippen LogP contribution is 2.31. The molecule has 1 saturated heterocycles. The van der Waals surface area contributed by atoms with Crippen LogP contribution >= 0.6 is 0 Å². The van der Waals surface area contributed by atoms with E-state index in [-0.39, 0.29) is 10.7 Å². The first kappa shape index (κ1) is 21.2. The number of anilines is 1. The molecule has 0 bridgehead atoms. The molecule has 0 aliphatic carbocycles. The zero-order valence-corrected chi connectivity index (χ0v) is 18.3. The minimum Gasteiger partial charge on any atom is -0.493 e. The van der Waals surface area contributed by atoms with Gasteiger partial charge in [-0.1, -0.05) is 0 Å². The SMILES string of the molecule is COc1ccc(S(=O)(=O)N2CCN=C2N2CCN(c3ccc(F)cc3)CC2)cc1OC. The number of guanidine groups is 1. The highest BCUT2D eigenvalue weighted by atomic mass is 32.2. The molecule has 0 N–H and O–H groups in total. The Bertz CT molecular complexity index is 1070. The van der Waals surface area contributed by atoms with Crippen molar-refractivity contribution >= 4 is 21.7 Å². The van der Waals surface area contributed by atoms with E-state index in [1.54, 1.807) is 18.2 Å². The van der Waals surface area contributed by atoms with E-state index >= 15 is 0 Å². The molecule has 0 spiro atoms. The molecule has 4 rings (SSSR count). The van der Waals surface area contributed by atoms with Crippen molar-refractivity contribution < 1.29 is 22.3 Å². The maximum atomic E-state index is 13.3. The van der Waals surface area contributed by atoms with Crippen molar-refractivity contribution in [1.82, 2.24) is 9.21 Å². The molecular weight excluding hydrogens is 423 g/mol. The van der Waals surface area contributed by atoms with Crippen LogP contribution < -0.4 is 14.4 Å². The number of methoxy groups -OCH3 is 2. The van der Waals surface area contributed by atoms with Crippen molar-refractivity contribution in [2.24, 2.45) is 4.99 Å². The maximum Gasteiger partial charge on any atom is 0.266 e. The van der Waals surface area contributed by atoms with Gasteiger partial charge in [-0.15, -0.1) is 0 Å². The fraction of sp³-hybridized carbons (Fsp3) is 0.381. The Morgan fingerprint density at radius 3 is 2.16 bits per heavy atom. The number of rotatable bonds is 5. The van der Waals surface area contributed by atoms with Crippen LogP contribution in [0.5, 0.6) is 11.5 Å². The van der Waals surface area contributed by atoms with E-state index in [2.05, 4.69) is 9.89 Å². The number of sulfonamides is 1. The molecule has 0 aromatic heterocycles. The van der Waals surface area contributed by atoms with Gasteiger partial charge in [0.25, 0.3) is 10.0 Å². The third kappa shape index (κ3) is 4.12. The molecular formula is C21H25FN4O4S. The van der Waals surface area contributed by atoms with Crippen LogP contribution in [-0.2, 0) is 10.0 Å². The molecule has 8 nitrogen and oxygen atoms in total. The molecule has 1 fully saturated rings. The topological polar surface area (TPSA) is 74.7 Å². The second kappa shape index (κ2) is 8.62. The first-order chi connectivity index (χ1) is 14.9. The Balaban J connectivity index is 1.50. The number of nitrogens with zero attached hydrogens (tertiary/aromatic N) is 4. The van der Waals surface area contributed by atoms with Crippen LogP contribution in [0.15, 0.2) is 52.4 Å². The van der Waals surface area contributed by atoms with Gasteiger partial charge in [-0.25, -0.2) is 17.1 Å². The second-order valence-corrected chi connectivity index (χ2v) is 9.09. The molecule has 2 heterocycles. The summed E-state index contributed by atoms with van der Waals surface area (Å²) in [5.74, 6) is 1.02. The normalized spacial score (nSPS) is 17.0. The monoisotopic (exact) mass is 448 g/mol. The third-order valence-electron chi connectivity index (χ3n) is 5.48. The highest BCUT2D eigenvalue weighted by Gasteiger charge is 2.35. The fourth-order valence-corrected chi connectivity index (χ4v) is 5.29. The zero-order chi connectivity index (χ0) is 22.0. The quantitative estimate of drug-likeness (QED) is 0.697. The summed E-state index contributed by atoms with van der Waals surface area (Å²) in [6.45, 7) is 3.33. The summed E-state index contributed by atoms with van der Waals surface area (Å²) < 4.78 is 51.7. The Morgan fingerprint density at radius 2 is 1.52 bits per heavy atom. The number of benzene rings is 2. The lowest BCUT2D eigenvalue weighted by molar-refractivity contribution is 0.352. The lowest BCUT2D eigenvalue weighted by Crippen LogP contribution is -2.53. The molecule has 2 aromatic carbocycles. The fourth-order valence-electron chi connectivity index (χ4n) is 3.83. The average molecular weight is 449 g/mol. The summed E-state index contributed by atoms with van der Waals surface area (Å²) >= 11 is 0. The van der Waals surface area contributed by atoms with Crippen LogP contribution in [0.1, 0.15) is 0 Å². The summed E-state index contributed by atoms with van der Waals surface area (Å²) in [5, 5.41) is 0. The summed E-state index contributed by atoms with van der Waals surface area (Å²) in [7, 11) is -0.823. The van der Waals surface area contributed by atoms with Crippen molar-refractivity contribution in [2.45, 2.75) is 4.90 Å². The zero-order valence-electron chi connectivity index (χ0n) is 17.5. The van der Waals surface area contributed by atoms with Crippen LogP contribution in [0, 0.1) is 5.82 Å². The van der Waals surface area contributed by atoms with Gasteiger partial charge in [0.05, 0.1) is 32.2 Å². The number of halogens is 1. The van der Waals surface area contributed by atoms with Gasteiger partial charge in [-0.3, -0.25) is 4.99 Å². The Kier molecular flexibility index (Phi) is 5.90. The molecule has 0 unspecified atom stereocenters. The Hall–Kier alpha value is -3.01. The average Bonchev–Trinajstić information content (AvgIpc) is 3.30. The van der Waals surface area contributed by atoms with E-state index in [1.165, 1.54) is 42.8 Å². The van der Waals surface area contributed by atoms with Crippen molar-refractivity contribution in [3.05, 3.63) is 48.3 Å². The molecule has 0 amide bonds. The van der Waals surface area contributed by atoms with Gasteiger partial charge in [0.15, 0.2) is 11.5 Å². The van der Waals surface area contributed by atoms with E-state index in [0.717, 1.165) is 5.69 Å². The molecule has 2 aromatic rings. The first-order valence-electron chi connectivity index (χ1n) is 9.98. The standard InChI is InChI=1S/C21H25FN4O4S/c1-29-19-8-7-18(15-20(19)30-2)31(27,28)26-10-9-23-21(26)25-13-11-24(12-14-25)17-5-3-16(22)4-6-17/h3-8,15H,9-14H2,1-2H3. The van der Waals surface area contributed by atoms with Gasteiger partial charge in [0.2, 0.25) is 5.96 Å². The van der Waals surface area contributed by atoms with Crippen molar-refractivity contribution in [3.63, 3.8) is 0 Å². The molecule has 166 valence electrons. The Morgan fingerprint density at radius 1 is 0.871 bits per heavy atom. The van der Waals surface area contributed by atoms with Crippen LogP contribution in [0.2, 0.25) is 0 Å². The molecule has 0 saturated carbocycles. The third-order valence-corrected chi connectivity index (χ3v) is 7.25. The second-order valence-electron chi connectivity index (χ2n) is 7.23. The van der Waals surface area contributed by atoms with Crippen molar-refractivity contribution in [3.8, 4) is 11.5 Å². The molecule has 0 atom stereocenters. The summed E-state index contributed by atoms with van der Waals surface area (Å²) in [6.07, 6.45) is 0. The smallest absolute Gasteiger partial charge is 0.266 e. The van der Waals surface area contributed by atoms with E-state index in [0.29, 0.717) is 56.7 Å². The lowest BCUT2D eigenvalue weighted by atomic mass is 10.2. The van der Waals surface area contributed by atoms with Crippen molar-refractivity contribution in [2.75, 3.05) is 58.4 Å². The molecule has 2 aliphatic heterocycles. The number of hydrogen-bond donors (Lipinski definition) is 0. The van der Waals surface area contributed by atoms with Gasteiger partial charge in [0.1, 0.15) is 5.82 Å². The van der Waals surface area contributed by atoms with Gasteiger partial charge in [0, 0.05) is 37.9 Å².